The molecule has 0 heterocycles. The number of halogens is 1. The summed E-state index contributed by atoms with van der Waals surface area (Å²) in [7, 11) is 0. The Labute approximate surface area is 128 Å². The number of hydrogen-bond donors (Lipinski definition) is 2. The number of aryl methyl sites for hydroxylation is 1. The fraction of sp³-hybridized carbons (Fsp3) is 0.176. The largest absolute Gasteiger partial charge is 0.366 e. The molecule has 114 valence electrons. The molecule has 0 saturated carbocycles. The van der Waals surface area contributed by atoms with Gasteiger partial charge in [0.15, 0.2) is 0 Å². The van der Waals surface area contributed by atoms with Crippen LogP contribution in [-0.4, -0.2) is 11.8 Å². The van der Waals surface area contributed by atoms with Gasteiger partial charge in [0.1, 0.15) is 5.82 Å². The lowest BCUT2D eigenvalue weighted by Crippen LogP contribution is -2.23. The highest BCUT2D eigenvalue weighted by atomic mass is 19.1. The average Bonchev–Trinajstić information content (AvgIpc) is 2.51. The molecule has 22 heavy (non-hydrogen) atoms. The molecule has 0 radical (unpaired) electrons. The molecule has 0 atom stereocenters. The van der Waals surface area contributed by atoms with Crippen LogP contribution in [0.3, 0.4) is 0 Å². The number of hydrogen-bond acceptors (Lipinski definition) is 2. The number of nitrogens with one attached hydrogen (secondary N) is 1. The van der Waals surface area contributed by atoms with Crippen molar-refractivity contribution in [2.45, 2.75) is 19.4 Å². The van der Waals surface area contributed by atoms with Gasteiger partial charge in [0.2, 0.25) is 11.8 Å². The molecule has 0 unspecified atom stereocenters. The van der Waals surface area contributed by atoms with Crippen LogP contribution in [0.25, 0.3) is 0 Å². The van der Waals surface area contributed by atoms with Crippen LogP contribution in [0, 0.1) is 5.82 Å². The van der Waals surface area contributed by atoms with Crippen LogP contribution in [-0.2, 0) is 17.8 Å². The van der Waals surface area contributed by atoms with Crippen molar-refractivity contribution in [3.8, 4) is 0 Å². The van der Waals surface area contributed by atoms with E-state index in [1.165, 1.54) is 12.1 Å². The van der Waals surface area contributed by atoms with Gasteiger partial charge < -0.3 is 11.1 Å². The Bertz CT molecular complexity index is 686. The highest BCUT2D eigenvalue weighted by Crippen LogP contribution is 2.07. The van der Waals surface area contributed by atoms with E-state index < -0.39 is 5.91 Å². The third-order valence-electron chi connectivity index (χ3n) is 3.23. The van der Waals surface area contributed by atoms with Crippen LogP contribution in [0.15, 0.2) is 48.5 Å². The third-order valence-corrected chi connectivity index (χ3v) is 3.23. The Morgan fingerprint density at radius 2 is 1.77 bits per heavy atom. The highest BCUT2D eigenvalue weighted by molar-refractivity contribution is 5.92. The van der Waals surface area contributed by atoms with Crippen LogP contribution >= 0.6 is 0 Å². The lowest BCUT2D eigenvalue weighted by atomic mass is 10.1. The van der Waals surface area contributed by atoms with E-state index in [9.17, 15) is 14.0 Å². The molecular formula is C17H17FN2O2. The Balaban J connectivity index is 1.83. The number of amides is 2. The molecule has 0 aromatic heterocycles. The van der Waals surface area contributed by atoms with Crippen molar-refractivity contribution in [1.29, 1.82) is 0 Å². The van der Waals surface area contributed by atoms with Gasteiger partial charge in [-0.1, -0.05) is 24.3 Å². The number of nitrogens with two attached hydrogens (primary N) is 1. The zero-order chi connectivity index (χ0) is 15.9. The van der Waals surface area contributed by atoms with E-state index in [2.05, 4.69) is 5.32 Å². The summed E-state index contributed by atoms with van der Waals surface area (Å²) < 4.78 is 13.0. The second-order valence-electron chi connectivity index (χ2n) is 4.97. The summed E-state index contributed by atoms with van der Waals surface area (Å²) in [6, 6.07) is 13.0. The normalized spacial score (nSPS) is 10.2. The maximum Gasteiger partial charge on any atom is 0.248 e. The molecule has 0 saturated heterocycles. The molecule has 0 bridgehead atoms. The van der Waals surface area contributed by atoms with Gasteiger partial charge in [0, 0.05) is 18.5 Å². The lowest BCUT2D eigenvalue weighted by molar-refractivity contribution is -0.121. The van der Waals surface area contributed by atoms with E-state index in [1.807, 2.05) is 0 Å². The maximum absolute atomic E-state index is 13.0. The van der Waals surface area contributed by atoms with E-state index >= 15 is 0 Å². The van der Waals surface area contributed by atoms with Gasteiger partial charge in [-0.05, 0) is 41.8 Å². The first-order valence-electron chi connectivity index (χ1n) is 6.94. The van der Waals surface area contributed by atoms with E-state index in [1.54, 1.807) is 36.4 Å². The Hall–Kier alpha value is -2.69. The van der Waals surface area contributed by atoms with E-state index in [0.29, 0.717) is 18.5 Å². The van der Waals surface area contributed by atoms with E-state index in [4.69, 9.17) is 5.73 Å². The SMILES string of the molecule is NC(=O)c1cccc(CNC(=O)CCc2cccc(F)c2)c1. The summed E-state index contributed by atoms with van der Waals surface area (Å²) in [5, 5.41) is 2.77. The maximum atomic E-state index is 13.0. The Morgan fingerprint density at radius 3 is 2.50 bits per heavy atom. The molecule has 0 fully saturated rings. The summed E-state index contributed by atoms with van der Waals surface area (Å²) in [5.74, 6) is -0.936. The fourth-order valence-electron chi connectivity index (χ4n) is 2.07. The van der Waals surface area contributed by atoms with Crippen LogP contribution < -0.4 is 11.1 Å². The van der Waals surface area contributed by atoms with Gasteiger partial charge >= 0.3 is 0 Å². The summed E-state index contributed by atoms with van der Waals surface area (Å²) in [6.07, 6.45) is 0.754. The highest BCUT2D eigenvalue weighted by Gasteiger charge is 2.05. The molecule has 2 amide bonds. The quantitative estimate of drug-likeness (QED) is 0.858. The van der Waals surface area contributed by atoms with Crippen molar-refractivity contribution >= 4 is 11.8 Å². The number of benzene rings is 2. The number of carbonyl (C=O) groups excluding carboxylic acids is 2. The molecule has 2 aromatic rings. The van der Waals surface area contributed by atoms with Crippen LogP contribution in [0.2, 0.25) is 0 Å². The Kier molecular flexibility index (Phi) is 5.25. The van der Waals surface area contributed by atoms with Crippen molar-refractivity contribution in [3.05, 3.63) is 71.0 Å². The number of primary amides is 1. The minimum absolute atomic E-state index is 0.131. The van der Waals surface area contributed by atoms with Crippen molar-refractivity contribution in [2.24, 2.45) is 5.73 Å². The molecule has 0 spiro atoms. The number of carbonyl (C=O) groups is 2. The summed E-state index contributed by atoms with van der Waals surface area (Å²) in [6.45, 7) is 0.323. The predicted molar refractivity (Wildman–Crippen MR) is 81.5 cm³/mol. The zero-order valence-electron chi connectivity index (χ0n) is 12.0. The van der Waals surface area contributed by atoms with Crippen LogP contribution in [0.1, 0.15) is 27.9 Å². The van der Waals surface area contributed by atoms with Crippen molar-refractivity contribution in [1.82, 2.24) is 5.32 Å². The second kappa shape index (κ2) is 7.36. The van der Waals surface area contributed by atoms with Gasteiger partial charge in [0.25, 0.3) is 0 Å². The molecular weight excluding hydrogens is 283 g/mol. The lowest BCUT2D eigenvalue weighted by Gasteiger charge is -2.06. The van der Waals surface area contributed by atoms with Crippen molar-refractivity contribution < 1.29 is 14.0 Å². The average molecular weight is 300 g/mol. The molecule has 0 aliphatic heterocycles. The second-order valence-corrected chi connectivity index (χ2v) is 4.97. The minimum Gasteiger partial charge on any atom is -0.366 e. The molecule has 4 nitrogen and oxygen atoms in total. The minimum atomic E-state index is -0.501. The summed E-state index contributed by atoms with van der Waals surface area (Å²) in [5.41, 5.74) is 7.20. The summed E-state index contributed by atoms with van der Waals surface area (Å²) >= 11 is 0. The first-order chi connectivity index (χ1) is 10.5. The predicted octanol–water partition coefficient (Wildman–Crippen LogP) is 2.17. The number of rotatable bonds is 6. The standard InChI is InChI=1S/C17H17FN2O2/c18-15-6-2-3-12(10-15)7-8-16(21)20-11-13-4-1-5-14(9-13)17(19)22/h1-6,9-10H,7-8,11H2,(H2,19,22)(H,20,21). The van der Waals surface area contributed by atoms with Gasteiger partial charge in [0.05, 0.1) is 0 Å². The molecule has 3 N–H and O–H groups in total. The molecule has 0 aliphatic carbocycles. The van der Waals surface area contributed by atoms with Gasteiger partial charge in [-0.25, -0.2) is 4.39 Å². The first kappa shape index (κ1) is 15.7. The monoisotopic (exact) mass is 300 g/mol. The van der Waals surface area contributed by atoms with Gasteiger partial charge in [-0.2, -0.15) is 0 Å². The van der Waals surface area contributed by atoms with Gasteiger partial charge in [-0.3, -0.25) is 9.59 Å². The molecule has 2 aromatic carbocycles. The smallest absolute Gasteiger partial charge is 0.248 e. The zero-order valence-corrected chi connectivity index (χ0v) is 12.0. The molecule has 0 aliphatic rings. The van der Waals surface area contributed by atoms with Crippen molar-refractivity contribution in [2.75, 3.05) is 0 Å². The van der Waals surface area contributed by atoms with Gasteiger partial charge in [-0.15, -0.1) is 0 Å². The molecule has 5 heteroatoms. The summed E-state index contributed by atoms with van der Waals surface area (Å²) in [4.78, 5) is 22.9. The molecule has 2 rings (SSSR count). The van der Waals surface area contributed by atoms with Crippen LogP contribution in [0.5, 0.6) is 0 Å². The van der Waals surface area contributed by atoms with Crippen LogP contribution in [0.4, 0.5) is 4.39 Å². The third kappa shape index (κ3) is 4.70. The first-order valence-corrected chi connectivity index (χ1v) is 6.94. The van der Waals surface area contributed by atoms with E-state index in [0.717, 1.165) is 11.1 Å². The fourth-order valence-corrected chi connectivity index (χ4v) is 2.07. The van der Waals surface area contributed by atoms with E-state index in [-0.39, 0.29) is 18.1 Å². The topological polar surface area (TPSA) is 72.2 Å². The Morgan fingerprint density at radius 1 is 1.05 bits per heavy atom. The van der Waals surface area contributed by atoms with Crippen molar-refractivity contribution in [3.63, 3.8) is 0 Å².